The van der Waals surface area contributed by atoms with E-state index in [2.05, 4.69) is 21.4 Å². The highest BCUT2D eigenvalue weighted by Gasteiger charge is 2.10. The van der Waals surface area contributed by atoms with E-state index >= 15 is 0 Å². The Labute approximate surface area is 112 Å². The van der Waals surface area contributed by atoms with Crippen molar-refractivity contribution >= 4 is 5.97 Å². The highest BCUT2D eigenvalue weighted by Crippen LogP contribution is 2.19. The average molecular weight is 261 g/mol. The summed E-state index contributed by atoms with van der Waals surface area (Å²) >= 11 is 0. The van der Waals surface area contributed by atoms with Gasteiger partial charge in [0, 0.05) is 12.7 Å². The lowest BCUT2D eigenvalue weighted by Crippen LogP contribution is -2.19. The van der Waals surface area contributed by atoms with Crippen molar-refractivity contribution in [3.63, 3.8) is 0 Å². The number of hydrogen-bond acceptors (Lipinski definition) is 4. The Bertz CT molecular complexity index is 472. The van der Waals surface area contributed by atoms with E-state index < -0.39 is 5.97 Å². The van der Waals surface area contributed by atoms with Gasteiger partial charge in [-0.1, -0.05) is 11.6 Å². The van der Waals surface area contributed by atoms with Crippen molar-refractivity contribution in [3.05, 3.63) is 35.4 Å². The molecule has 1 aliphatic carbocycles. The summed E-state index contributed by atoms with van der Waals surface area (Å²) < 4.78 is 0. The van der Waals surface area contributed by atoms with Crippen LogP contribution in [-0.2, 0) is 6.54 Å². The van der Waals surface area contributed by atoms with E-state index in [0.717, 1.165) is 13.0 Å². The van der Waals surface area contributed by atoms with Crippen molar-refractivity contribution in [1.82, 2.24) is 15.3 Å². The number of allylic oxidation sites excluding steroid dienone is 1. The fraction of sp³-hybridized carbons (Fsp3) is 0.500. The molecule has 0 aliphatic heterocycles. The molecule has 0 fully saturated rings. The zero-order valence-electron chi connectivity index (χ0n) is 10.9. The van der Waals surface area contributed by atoms with Gasteiger partial charge in [0.2, 0.25) is 0 Å². The predicted molar refractivity (Wildman–Crippen MR) is 71.9 cm³/mol. The third-order valence-electron chi connectivity index (χ3n) is 3.33. The molecule has 1 aliphatic rings. The van der Waals surface area contributed by atoms with Crippen molar-refractivity contribution in [2.75, 3.05) is 6.54 Å². The van der Waals surface area contributed by atoms with Gasteiger partial charge in [-0.05, 0) is 38.6 Å². The van der Waals surface area contributed by atoms with Crippen LogP contribution in [0.25, 0.3) is 0 Å². The molecule has 5 nitrogen and oxygen atoms in total. The number of hydrogen-bond donors (Lipinski definition) is 2. The summed E-state index contributed by atoms with van der Waals surface area (Å²) in [6, 6.07) is 0. The van der Waals surface area contributed by atoms with Crippen molar-refractivity contribution in [2.24, 2.45) is 0 Å². The lowest BCUT2D eigenvalue weighted by atomic mass is 9.97. The maximum Gasteiger partial charge on any atom is 0.339 e. The second kappa shape index (κ2) is 6.99. The Hall–Kier alpha value is -1.75. The van der Waals surface area contributed by atoms with Gasteiger partial charge in [-0.2, -0.15) is 0 Å². The molecule has 0 saturated heterocycles. The number of rotatable bonds is 6. The van der Waals surface area contributed by atoms with E-state index in [9.17, 15) is 4.79 Å². The predicted octanol–water partition coefficient (Wildman–Crippen LogP) is 2.15. The molecule has 1 aromatic heterocycles. The number of nitrogens with one attached hydrogen (secondary N) is 1. The third-order valence-corrected chi connectivity index (χ3v) is 3.33. The molecule has 1 aromatic rings. The van der Waals surface area contributed by atoms with Crippen LogP contribution >= 0.6 is 0 Å². The zero-order chi connectivity index (χ0) is 13.5. The van der Waals surface area contributed by atoms with E-state index in [1.54, 1.807) is 0 Å². The fourth-order valence-corrected chi connectivity index (χ4v) is 2.26. The van der Waals surface area contributed by atoms with Crippen LogP contribution in [0.4, 0.5) is 0 Å². The first-order valence-corrected chi connectivity index (χ1v) is 6.68. The van der Waals surface area contributed by atoms with Crippen LogP contribution in [0.15, 0.2) is 24.2 Å². The summed E-state index contributed by atoms with van der Waals surface area (Å²) in [5.41, 5.74) is 2.23. The van der Waals surface area contributed by atoms with Crippen molar-refractivity contribution in [3.8, 4) is 0 Å². The summed E-state index contributed by atoms with van der Waals surface area (Å²) in [7, 11) is 0. The van der Waals surface area contributed by atoms with Crippen molar-refractivity contribution in [1.29, 1.82) is 0 Å². The maximum atomic E-state index is 11.0. The summed E-state index contributed by atoms with van der Waals surface area (Å²) in [5, 5.41) is 12.3. The van der Waals surface area contributed by atoms with Gasteiger partial charge < -0.3 is 10.4 Å². The van der Waals surface area contributed by atoms with Gasteiger partial charge in [-0.3, -0.25) is 0 Å². The van der Waals surface area contributed by atoms with Gasteiger partial charge in [0.25, 0.3) is 0 Å². The first-order valence-electron chi connectivity index (χ1n) is 6.68. The van der Waals surface area contributed by atoms with Crippen LogP contribution in [0.3, 0.4) is 0 Å². The molecule has 0 spiro atoms. The number of aromatic nitrogens is 2. The number of carboxylic acids is 1. The van der Waals surface area contributed by atoms with Gasteiger partial charge in [-0.15, -0.1) is 0 Å². The second-order valence-corrected chi connectivity index (χ2v) is 4.72. The minimum atomic E-state index is -0.979. The first kappa shape index (κ1) is 13.7. The van der Waals surface area contributed by atoms with Gasteiger partial charge in [0.05, 0.1) is 5.69 Å². The van der Waals surface area contributed by atoms with E-state index in [1.807, 2.05) is 0 Å². The molecular weight excluding hydrogens is 242 g/mol. The molecule has 0 aromatic carbocycles. The molecule has 0 radical (unpaired) electrons. The van der Waals surface area contributed by atoms with Crippen molar-refractivity contribution in [2.45, 2.75) is 38.6 Å². The number of aromatic carboxylic acids is 1. The Morgan fingerprint density at radius 3 is 3.05 bits per heavy atom. The van der Waals surface area contributed by atoms with E-state index in [1.165, 1.54) is 43.8 Å². The van der Waals surface area contributed by atoms with Crippen LogP contribution in [0.1, 0.15) is 48.2 Å². The number of carbonyl (C=O) groups is 1. The average Bonchev–Trinajstić information content (AvgIpc) is 2.45. The third kappa shape index (κ3) is 4.13. The molecule has 0 bridgehead atoms. The van der Waals surface area contributed by atoms with Gasteiger partial charge >= 0.3 is 5.97 Å². The van der Waals surface area contributed by atoms with E-state index in [4.69, 9.17) is 5.11 Å². The van der Waals surface area contributed by atoms with Gasteiger partial charge in [0.1, 0.15) is 11.9 Å². The monoisotopic (exact) mass is 261 g/mol. The Kier molecular flexibility index (Phi) is 5.03. The zero-order valence-corrected chi connectivity index (χ0v) is 10.9. The van der Waals surface area contributed by atoms with Crippen molar-refractivity contribution < 1.29 is 9.90 Å². The largest absolute Gasteiger partial charge is 0.478 e. The molecule has 2 rings (SSSR count). The molecule has 2 N–H and O–H groups in total. The molecule has 0 atom stereocenters. The quantitative estimate of drug-likeness (QED) is 0.606. The summed E-state index contributed by atoms with van der Waals surface area (Å²) in [6.07, 6.45) is 11.1. The minimum Gasteiger partial charge on any atom is -0.478 e. The normalized spacial score (nSPS) is 15.1. The molecule has 5 heteroatoms. The molecule has 102 valence electrons. The Morgan fingerprint density at radius 1 is 1.42 bits per heavy atom. The Morgan fingerprint density at radius 2 is 2.32 bits per heavy atom. The highest BCUT2D eigenvalue weighted by atomic mass is 16.4. The topological polar surface area (TPSA) is 75.1 Å². The molecule has 0 unspecified atom stereocenters. The molecular formula is C14H19N3O2. The second-order valence-electron chi connectivity index (χ2n) is 4.72. The summed E-state index contributed by atoms with van der Waals surface area (Å²) in [4.78, 5) is 18.7. The smallest absolute Gasteiger partial charge is 0.339 e. The molecule has 1 heterocycles. The van der Waals surface area contributed by atoms with E-state index in [-0.39, 0.29) is 5.56 Å². The lowest BCUT2D eigenvalue weighted by Gasteiger charge is -2.13. The molecule has 0 amide bonds. The Balaban J connectivity index is 1.79. The molecule has 0 saturated carbocycles. The van der Waals surface area contributed by atoms with Crippen LogP contribution < -0.4 is 5.32 Å². The van der Waals surface area contributed by atoms with Crippen LogP contribution in [0.5, 0.6) is 0 Å². The van der Waals surface area contributed by atoms with Crippen LogP contribution in [0, 0.1) is 0 Å². The minimum absolute atomic E-state index is 0.173. The maximum absolute atomic E-state index is 11.0. The molecule has 19 heavy (non-hydrogen) atoms. The van der Waals surface area contributed by atoms with Gasteiger partial charge in [-0.25, -0.2) is 14.8 Å². The van der Waals surface area contributed by atoms with Gasteiger partial charge in [0.15, 0.2) is 0 Å². The lowest BCUT2D eigenvalue weighted by molar-refractivity contribution is 0.0694. The summed E-state index contributed by atoms with van der Waals surface area (Å²) in [6.45, 7) is 1.33. The van der Waals surface area contributed by atoms with E-state index in [0.29, 0.717) is 12.2 Å². The first-order chi connectivity index (χ1) is 9.27. The fourth-order valence-electron chi connectivity index (χ4n) is 2.26. The number of nitrogens with zero attached hydrogens (tertiary/aromatic N) is 2. The van der Waals surface area contributed by atoms with Crippen LogP contribution in [0.2, 0.25) is 0 Å². The SMILES string of the molecule is O=C(O)c1cncnc1CNCCC1=CCCCC1. The highest BCUT2D eigenvalue weighted by molar-refractivity contribution is 5.88. The summed E-state index contributed by atoms with van der Waals surface area (Å²) in [5.74, 6) is -0.979. The van der Waals surface area contributed by atoms with Crippen LogP contribution in [-0.4, -0.2) is 27.6 Å². The number of carboxylic acid groups (broad SMARTS) is 1. The standard InChI is InChI=1S/C14H19N3O2/c18-14(19)12-8-16-10-17-13(12)9-15-7-6-11-4-2-1-3-5-11/h4,8,10,15H,1-3,5-7,9H2,(H,18,19).